The van der Waals surface area contributed by atoms with Crippen LogP contribution < -0.4 is 9.30 Å². The molecular formula is C22H21N4O2+. The van der Waals surface area contributed by atoms with Gasteiger partial charge in [0.15, 0.2) is 0 Å². The Kier molecular flexibility index (Phi) is 5.01. The van der Waals surface area contributed by atoms with Crippen molar-refractivity contribution in [1.29, 1.82) is 0 Å². The normalized spacial score (nSPS) is 11.3. The molecule has 6 heteroatoms. The smallest absolute Gasteiger partial charge is 0.243 e. The number of aromatic nitrogens is 2. The minimum Gasteiger partial charge on any atom is -0.506 e. The molecule has 0 unspecified atom stereocenters. The minimum absolute atomic E-state index is 0.0985. The van der Waals surface area contributed by atoms with E-state index in [2.05, 4.69) is 14.8 Å². The first-order chi connectivity index (χ1) is 13.7. The fraction of sp³-hybridized carbons (Fsp3) is 0.136. The van der Waals surface area contributed by atoms with E-state index in [4.69, 9.17) is 4.74 Å². The van der Waals surface area contributed by atoms with Crippen molar-refractivity contribution >= 4 is 22.1 Å². The van der Waals surface area contributed by atoms with Crippen LogP contribution in [0.5, 0.6) is 11.5 Å². The quantitative estimate of drug-likeness (QED) is 0.394. The van der Waals surface area contributed by atoms with E-state index < -0.39 is 0 Å². The standard InChI is InChI=1S/C22H20N4O2/c1-25-12-13-26(16-25)14-15-28-21-9-5-4-8-19(21)23-24-22-18-7-3-2-6-17(18)10-11-20(22)27/h2-13,16H,14-15H2,1H3/p+1. The molecule has 0 saturated heterocycles. The van der Waals surface area contributed by atoms with Gasteiger partial charge in [0.2, 0.25) is 6.33 Å². The lowest BCUT2D eigenvalue weighted by molar-refractivity contribution is -0.671. The molecule has 1 heterocycles. The first kappa shape index (κ1) is 17.7. The molecule has 0 aliphatic carbocycles. The summed E-state index contributed by atoms with van der Waals surface area (Å²) in [6, 6.07) is 18.8. The summed E-state index contributed by atoms with van der Waals surface area (Å²) in [5.74, 6) is 0.754. The summed E-state index contributed by atoms with van der Waals surface area (Å²) in [6.45, 7) is 1.25. The van der Waals surface area contributed by atoms with Gasteiger partial charge in [-0.3, -0.25) is 0 Å². The van der Waals surface area contributed by atoms with Crippen molar-refractivity contribution in [3.63, 3.8) is 0 Å². The highest BCUT2D eigenvalue weighted by Gasteiger charge is 2.08. The van der Waals surface area contributed by atoms with E-state index in [1.54, 1.807) is 6.07 Å². The second-order valence-electron chi connectivity index (χ2n) is 6.49. The van der Waals surface area contributed by atoms with Gasteiger partial charge in [-0.2, -0.15) is 0 Å². The van der Waals surface area contributed by atoms with Crippen molar-refractivity contribution < 1.29 is 14.4 Å². The van der Waals surface area contributed by atoms with Gasteiger partial charge in [-0.25, -0.2) is 9.13 Å². The molecule has 0 atom stereocenters. The molecular weight excluding hydrogens is 352 g/mol. The van der Waals surface area contributed by atoms with E-state index in [0.717, 1.165) is 17.3 Å². The van der Waals surface area contributed by atoms with Gasteiger partial charge >= 0.3 is 0 Å². The maximum atomic E-state index is 10.2. The number of phenolic OH excluding ortho intramolecular Hbond substituents is 1. The van der Waals surface area contributed by atoms with Crippen LogP contribution in [0.15, 0.2) is 89.6 Å². The van der Waals surface area contributed by atoms with Crippen LogP contribution in [0, 0.1) is 0 Å². The zero-order valence-electron chi connectivity index (χ0n) is 15.6. The van der Waals surface area contributed by atoms with Crippen LogP contribution in [0.2, 0.25) is 0 Å². The van der Waals surface area contributed by atoms with Gasteiger partial charge in [-0.1, -0.05) is 42.5 Å². The Balaban J connectivity index is 1.55. The summed E-state index contributed by atoms with van der Waals surface area (Å²) >= 11 is 0. The van der Waals surface area contributed by atoms with Crippen molar-refractivity contribution in [2.45, 2.75) is 6.54 Å². The maximum Gasteiger partial charge on any atom is 0.243 e. The van der Waals surface area contributed by atoms with Crippen molar-refractivity contribution in [2.24, 2.45) is 17.3 Å². The number of aromatic hydroxyl groups is 1. The number of azo groups is 1. The molecule has 1 aromatic heterocycles. The summed E-state index contributed by atoms with van der Waals surface area (Å²) in [7, 11) is 1.98. The molecule has 0 amide bonds. The van der Waals surface area contributed by atoms with E-state index in [1.807, 2.05) is 84.9 Å². The Morgan fingerprint density at radius 3 is 2.68 bits per heavy atom. The molecule has 0 aliphatic rings. The molecule has 3 aromatic carbocycles. The zero-order valence-corrected chi connectivity index (χ0v) is 15.6. The predicted octanol–water partition coefficient (Wildman–Crippen LogP) is 4.67. The summed E-state index contributed by atoms with van der Waals surface area (Å²) in [4.78, 5) is 0. The second kappa shape index (κ2) is 7.92. The molecule has 28 heavy (non-hydrogen) atoms. The fourth-order valence-corrected chi connectivity index (χ4v) is 3.01. The molecule has 0 radical (unpaired) electrons. The molecule has 0 aliphatic heterocycles. The Labute approximate surface area is 163 Å². The first-order valence-electron chi connectivity index (χ1n) is 9.06. The third-order valence-electron chi connectivity index (χ3n) is 4.43. The third-order valence-corrected chi connectivity index (χ3v) is 4.43. The van der Waals surface area contributed by atoms with Gasteiger partial charge < -0.3 is 9.84 Å². The average molecular weight is 373 g/mol. The van der Waals surface area contributed by atoms with E-state index >= 15 is 0 Å². The highest BCUT2D eigenvalue weighted by molar-refractivity contribution is 5.95. The Morgan fingerprint density at radius 1 is 1.00 bits per heavy atom. The number of phenols is 1. The SMILES string of the molecule is C[n+]1ccn(CCOc2ccccc2N=Nc2c(O)ccc3ccccc23)c1. The molecule has 6 nitrogen and oxygen atoms in total. The molecule has 0 bridgehead atoms. The lowest BCUT2D eigenvalue weighted by Gasteiger charge is -2.07. The predicted molar refractivity (Wildman–Crippen MR) is 107 cm³/mol. The van der Waals surface area contributed by atoms with Gasteiger partial charge in [0.05, 0.1) is 7.05 Å². The molecule has 0 fully saturated rings. The van der Waals surface area contributed by atoms with Crippen LogP contribution in [0.3, 0.4) is 0 Å². The summed E-state index contributed by atoms with van der Waals surface area (Å²) < 4.78 is 9.95. The van der Waals surface area contributed by atoms with Crippen LogP contribution in [0.1, 0.15) is 0 Å². The maximum absolute atomic E-state index is 10.2. The van der Waals surface area contributed by atoms with Crippen molar-refractivity contribution in [3.05, 3.63) is 79.4 Å². The zero-order chi connectivity index (χ0) is 19.3. The summed E-state index contributed by atoms with van der Waals surface area (Å²) in [5, 5.41) is 20.8. The van der Waals surface area contributed by atoms with Gasteiger partial charge in [0.25, 0.3) is 0 Å². The number of hydrogen-bond donors (Lipinski definition) is 1. The number of hydrogen-bond acceptors (Lipinski definition) is 4. The van der Waals surface area contributed by atoms with Crippen LogP contribution in [-0.2, 0) is 13.6 Å². The molecule has 4 rings (SSSR count). The number of benzene rings is 3. The number of fused-ring (bicyclic) bond motifs is 1. The number of rotatable bonds is 6. The highest BCUT2D eigenvalue weighted by atomic mass is 16.5. The van der Waals surface area contributed by atoms with Crippen molar-refractivity contribution in [3.8, 4) is 11.5 Å². The summed E-state index contributed by atoms with van der Waals surface area (Å²) in [5.41, 5.74) is 1.07. The fourth-order valence-electron chi connectivity index (χ4n) is 3.01. The number of imidazole rings is 1. The summed E-state index contributed by atoms with van der Waals surface area (Å²) in [6.07, 6.45) is 5.98. The third kappa shape index (κ3) is 3.86. The number of para-hydroxylation sites is 1. The lowest BCUT2D eigenvalue weighted by atomic mass is 10.1. The average Bonchev–Trinajstić information content (AvgIpc) is 3.13. The van der Waals surface area contributed by atoms with Gasteiger partial charge in [-0.05, 0) is 23.6 Å². The van der Waals surface area contributed by atoms with Crippen LogP contribution in [0.25, 0.3) is 10.8 Å². The molecule has 0 spiro atoms. The Hall–Kier alpha value is -3.67. The number of ether oxygens (including phenoxy) is 1. The van der Waals surface area contributed by atoms with Crippen LogP contribution >= 0.6 is 0 Å². The van der Waals surface area contributed by atoms with Gasteiger partial charge in [0, 0.05) is 5.39 Å². The largest absolute Gasteiger partial charge is 0.506 e. The topological polar surface area (TPSA) is 63.0 Å². The molecule has 1 N–H and O–H groups in total. The van der Waals surface area contributed by atoms with E-state index in [9.17, 15) is 5.11 Å². The van der Waals surface area contributed by atoms with Crippen molar-refractivity contribution in [1.82, 2.24) is 4.57 Å². The minimum atomic E-state index is 0.0985. The number of nitrogens with zero attached hydrogens (tertiary/aromatic N) is 4. The van der Waals surface area contributed by atoms with Gasteiger partial charge in [0.1, 0.15) is 48.4 Å². The number of aryl methyl sites for hydroxylation is 1. The lowest BCUT2D eigenvalue weighted by Crippen LogP contribution is -2.24. The van der Waals surface area contributed by atoms with E-state index in [1.165, 1.54) is 0 Å². The Morgan fingerprint density at radius 2 is 1.82 bits per heavy atom. The first-order valence-corrected chi connectivity index (χ1v) is 9.06. The van der Waals surface area contributed by atoms with Gasteiger partial charge in [-0.15, -0.1) is 10.2 Å². The van der Waals surface area contributed by atoms with Crippen LogP contribution in [-0.4, -0.2) is 16.3 Å². The Bertz CT molecular complexity index is 1130. The monoisotopic (exact) mass is 373 g/mol. The highest BCUT2D eigenvalue weighted by Crippen LogP contribution is 2.37. The molecule has 140 valence electrons. The van der Waals surface area contributed by atoms with E-state index in [0.29, 0.717) is 23.7 Å². The van der Waals surface area contributed by atoms with E-state index in [-0.39, 0.29) is 5.75 Å². The molecule has 0 saturated carbocycles. The second-order valence-corrected chi connectivity index (χ2v) is 6.49. The van der Waals surface area contributed by atoms with Crippen LogP contribution in [0.4, 0.5) is 11.4 Å². The molecule has 4 aromatic rings. The van der Waals surface area contributed by atoms with Crippen molar-refractivity contribution in [2.75, 3.05) is 6.61 Å².